The lowest BCUT2D eigenvalue weighted by Gasteiger charge is -2.40. The number of halogens is 1. The minimum Gasteiger partial charge on any atom is -0.369 e. The Bertz CT molecular complexity index is 545. The first-order chi connectivity index (χ1) is 9.81. The zero-order chi connectivity index (χ0) is 15.7. The van der Waals surface area contributed by atoms with E-state index in [-0.39, 0.29) is 29.7 Å². The average Bonchev–Trinajstić information content (AvgIpc) is 2.41. The van der Waals surface area contributed by atoms with Gasteiger partial charge in [0.05, 0.1) is 5.92 Å². The van der Waals surface area contributed by atoms with Crippen LogP contribution >= 0.6 is 0 Å². The van der Waals surface area contributed by atoms with Gasteiger partial charge in [0.2, 0.25) is 5.91 Å². The second kappa shape index (κ2) is 6.02. The molecule has 5 heteroatoms. The first-order valence-corrected chi connectivity index (χ1v) is 7.42. The van der Waals surface area contributed by atoms with Gasteiger partial charge in [-0.15, -0.1) is 0 Å². The van der Waals surface area contributed by atoms with Gasteiger partial charge in [0.1, 0.15) is 5.82 Å². The summed E-state index contributed by atoms with van der Waals surface area (Å²) >= 11 is 0. The molecule has 116 valence electrons. The number of anilines is 1. The molecule has 0 bridgehead atoms. The molecule has 0 saturated carbocycles. The van der Waals surface area contributed by atoms with Crippen molar-refractivity contribution in [3.05, 3.63) is 29.1 Å². The highest BCUT2D eigenvalue weighted by Crippen LogP contribution is 2.34. The molecule has 1 aliphatic rings. The lowest BCUT2D eigenvalue weighted by Crippen LogP contribution is -2.46. The number of carbonyl (C=O) groups is 1. The lowest BCUT2D eigenvalue weighted by molar-refractivity contribution is -0.122. The second-order valence-corrected chi connectivity index (χ2v) is 6.13. The van der Waals surface area contributed by atoms with Crippen molar-refractivity contribution in [3.63, 3.8) is 0 Å². The lowest BCUT2D eigenvalue weighted by atomic mass is 9.91. The second-order valence-electron chi connectivity index (χ2n) is 6.13. The molecule has 3 atom stereocenters. The predicted octanol–water partition coefficient (Wildman–Crippen LogP) is 2.24. The predicted molar refractivity (Wildman–Crippen MR) is 82.5 cm³/mol. The van der Waals surface area contributed by atoms with Crippen molar-refractivity contribution >= 4 is 11.6 Å². The molecule has 1 amide bonds. The van der Waals surface area contributed by atoms with Gasteiger partial charge in [-0.25, -0.2) is 4.39 Å². The van der Waals surface area contributed by atoms with Crippen molar-refractivity contribution in [3.8, 4) is 0 Å². The maximum atomic E-state index is 13.8. The van der Waals surface area contributed by atoms with Crippen LogP contribution in [0, 0.1) is 18.7 Å². The van der Waals surface area contributed by atoms with Gasteiger partial charge in [-0.05, 0) is 56.9 Å². The summed E-state index contributed by atoms with van der Waals surface area (Å²) in [7, 11) is 0. The molecule has 2 rings (SSSR count). The molecule has 0 aromatic heterocycles. The summed E-state index contributed by atoms with van der Waals surface area (Å²) in [5.74, 6) is -0.678. The summed E-state index contributed by atoms with van der Waals surface area (Å²) in [4.78, 5) is 13.6. The summed E-state index contributed by atoms with van der Waals surface area (Å²) < 4.78 is 13.8. The van der Waals surface area contributed by atoms with E-state index in [1.165, 1.54) is 6.07 Å². The summed E-state index contributed by atoms with van der Waals surface area (Å²) in [6.07, 6.45) is 1.70. The van der Waals surface area contributed by atoms with Gasteiger partial charge in [0, 0.05) is 24.3 Å². The summed E-state index contributed by atoms with van der Waals surface area (Å²) in [6.45, 7) is 6.26. The van der Waals surface area contributed by atoms with Crippen LogP contribution in [-0.4, -0.2) is 18.5 Å². The summed E-state index contributed by atoms with van der Waals surface area (Å²) in [6, 6.07) is 3.35. The van der Waals surface area contributed by atoms with E-state index in [2.05, 4.69) is 11.8 Å². The Hall–Kier alpha value is -1.62. The fourth-order valence-corrected chi connectivity index (χ4v) is 2.97. The topological polar surface area (TPSA) is 72.3 Å². The van der Waals surface area contributed by atoms with Crippen LogP contribution in [0.25, 0.3) is 0 Å². The maximum absolute atomic E-state index is 13.8. The Morgan fingerprint density at radius 1 is 1.43 bits per heavy atom. The van der Waals surface area contributed by atoms with Crippen LogP contribution in [0.4, 0.5) is 10.1 Å². The number of nitrogens with zero attached hydrogens (tertiary/aromatic N) is 1. The summed E-state index contributed by atoms with van der Waals surface area (Å²) in [5.41, 5.74) is 13.7. The first kappa shape index (κ1) is 15.8. The van der Waals surface area contributed by atoms with Crippen LogP contribution < -0.4 is 16.4 Å². The van der Waals surface area contributed by atoms with Crippen molar-refractivity contribution in [2.75, 3.05) is 11.4 Å². The standard InChI is InChI=1S/C16H24FN3O/c1-9-6-15(13(11(3)18)7-14(9)17)20-8-12(16(19)21)5-4-10(20)2/h6-7,10-12H,4-5,8,18H2,1-3H3,(H2,19,21). The largest absolute Gasteiger partial charge is 0.369 e. The molecule has 3 unspecified atom stereocenters. The van der Waals surface area contributed by atoms with Gasteiger partial charge in [-0.1, -0.05) is 0 Å². The number of benzene rings is 1. The Morgan fingerprint density at radius 2 is 2.10 bits per heavy atom. The quantitative estimate of drug-likeness (QED) is 0.897. The molecule has 1 saturated heterocycles. The number of amides is 1. The van der Waals surface area contributed by atoms with Crippen LogP contribution in [-0.2, 0) is 4.79 Å². The molecule has 4 N–H and O–H groups in total. The van der Waals surface area contributed by atoms with Crippen LogP contribution in [0.15, 0.2) is 12.1 Å². The number of rotatable bonds is 3. The Kier molecular flexibility index (Phi) is 4.52. The van der Waals surface area contributed by atoms with E-state index in [9.17, 15) is 9.18 Å². The van der Waals surface area contributed by atoms with Crippen LogP contribution in [0.5, 0.6) is 0 Å². The maximum Gasteiger partial charge on any atom is 0.222 e. The van der Waals surface area contributed by atoms with Crippen molar-refractivity contribution in [2.45, 2.75) is 45.7 Å². The monoisotopic (exact) mass is 293 g/mol. The van der Waals surface area contributed by atoms with Crippen molar-refractivity contribution in [2.24, 2.45) is 17.4 Å². The molecule has 4 nitrogen and oxygen atoms in total. The normalized spacial score (nSPS) is 24.0. The third kappa shape index (κ3) is 3.18. The molecule has 1 fully saturated rings. The van der Waals surface area contributed by atoms with E-state index in [1.54, 1.807) is 6.92 Å². The average molecular weight is 293 g/mol. The van der Waals surface area contributed by atoms with E-state index in [0.29, 0.717) is 12.1 Å². The van der Waals surface area contributed by atoms with E-state index >= 15 is 0 Å². The SMILES string of the molecule is Cc1cc(N2CC(C(N)=O)CCC2C)c(C(C)N)cc1F. The third-order valence-corrected chi connectivity index (χ3v) is 4.39. The van der Waals surface area contributed by atoms with E-state index < -0.39 is 0 Å². The molecule has 0 radical (unpaired) electrons. The van der Waals surface area contributed by atoms with Gasteiger partial charge in [0.15, 0.2) is 0 Å². The van der Waals surface area contributed by atoms with E-state index in [0.717, 1.165) is 24.1 Å². The van der Waals surface area contributed by atoms with Gasteiger partial charge >= 0.3 is 0 Å². The van der Waals surface area contributed by atoms with Gasteiger partial charge in [0.25, 0.3) is 0 Å². The highest BCUT2D eigenvalue weighted by atomic mass is 19.1. The van der Waals surface area contributed by atoms with Crippen molar-refractivity contribution in [1.29, 1.82) is 0 Å². The van der Waals surface area contributed by atoms with Crippen molar-refractivity contribution < 1.29 is 9.18 Å². The summed E-state index contributed by atoms with van der Waals surface area (Å²) in [5, 5.41) is 0. The molecule has 0 aliphatic carbocycles. The Morgan fingerprint density at radius 3 is 2.67 bits per heavy atom. The number of primary amides is 1. The molecule has 1 aromatic carbocycles. The highest BCUT2D eigenvalue weighted by molar-refractivity contribution is 5.78. The van der Waals surface area contributed by atoms with Gasteiger partial charge in [-0.3, -0.25) is 4.79 Å². The van der Waals surface area contributed by atoms with Crippen LogP contribution in [0.2, 0.25) is 0 Å². The molecular formula is C16H24FN3O. The molecule has 1 heterocycles. The molecule has 1 aromatic rings. The number of aryl methyl sites for hydroxylation is 1. The molecule has 0 spiro atoms. The fraction of sp³-hybridized carbons (Fsp3) is 0.562. The zero-order valence-electron chi connectivity index (χ0n) is 12.9. The van der Waals surface area contributed by atoms with Gasteiger partial charge < -0.3 is 16.4 Å². The minimum atomic E-state index is -0.270. The molecule has 21 heavy (non-hydrogen) atoms. The highest BCUT2D eigenvalue weighted by Gasteiger charge is 2.30. The van der Waals surface area contributed by atoms with Gasteiger partial charge in [-0.2, -0.15) is 0 Å². The number of piperidine rings is 1. The van der Waals surface area contributed by atoms with Crippen LogP contribution in [0.3, 0.4) is 0 Å². The fourth-order valence-electron chi connectivity index (χ4n) is 2.97. The smallest absolute Gasteiger partial charge is 0.222 e. The van der Waals surface area contributed by atoms with Crippen LogP contribution in [0.1, 0.15) is 43.9 Å². The first-order valence-electron chi connectivity index (χ1n) is 7.42. The third-order valence-electron chi connectivity index (χ3n) is 4.39. The Balaban J connectivity index is 2.43. The Labute approximate surface area is 125 Å². The molecular weight excluding hydrogens is 269 g/mol. The number of hydrogen-bond donors (Lipinski definition) is 2. The molecule has 1 aliphatic heterocycles. The number of carbonyl (C=O) groups excluding carboxylic acids is 1. The number of hydrogen-bond acceptors (Lipinski definition) is 3. The zero-order valence-corrected chi connectivity index (χ0v) is 12.9. The van der Waals surface area contributed by atoms with Crippen molar-refractivity contribution in [1.82, 2.24) is 0 Å². The minimum absolute atomic E-state index is 0.160. The number of nitrogens with two attached hydrogens (primary N) is 2. The van der Waals surface area contributed by atoms with E-state index in [1.807, 2.05) is 13.0 Å². The van der Waals surface area contributed by atoms with E-state index in [4.69, 9.17) is 11.5 Å².